The maximum atomic E-state index is 13.3. The van der Waals surface area contributed by atoms with E-state index < -0.39 is 5.92 Å². The van der Waals surface area contributed by atoms with Crippen molar-refractivity contribution in [2.75, 3.05) is 16.8 Å². The largest absolute Gasteiger partial charge is 0.312 e. The lowest BCUT2D eigenvalue weighted by atomic mass is 10.1. The molecule has 2 aromatic heterocycles. The maximum absolute atomic E-state index is 13.3. The first-order chi connectivity index (χ1) is 16.1. The molecule has 4 aromatic rings. The summed E-state index contributed by atoms with van der Waals surface area (Å²) in [4.78, 5) is 32.4. The summed E-state index contributed by atoms with van der Waals surface area (Å²) in [6.07, 6.45) is 3.02. The van der Waals surface area contributed by atoms with Crippen LogP contribution in [0.2, 0.25) is 0 Å². The zero-order valence-corrected chi connectivity index (χ0v) is 19.1. The van der Waals surface area contributed by atoms with Crippen molar-refractivity contribution in [2.24, 2.45) is 5.92 Å². The van der Waals surface area contributed by atoms with Gasteiger partial charge in [0.1, 0.15) is 5.82 Å². The first-order valence-corrected chi connectivity index (χ1v) is 12.0. The molecule has 166 valence electrons. The molecule has 8 heteroatoms. The van der Waals surface area contributed by atoms with E-state index in [0.717, 1.165) is 57.1 Å². The van der Waals surface area contributed by atoms with Gasteiger partial charge in [-0.25, -0.2) is 4.98 Å². The Kier molecular flexibility index (Phi) is 4.76. The second kappa shape index (κ2) is 7.81. The number of anilines is 2. The van der Waals surface area contributed by atoms with Gasteiger partial charge in [0.05, 0.1) is 21.8 Å². The second-order valence-electron chi connectivity index (χ2n) is 8.73. The van der Waals surface area contributed by atoms with E-state index in [4.69, 9.17) is 10.1 Å². The normalized spacial score (nSPS) is 17.7. The number of thiazole rings is 1. The van der Waals surface area contributed by atoms with Crippen LogP contribution in [0.1, 0.15) is 29.7 Å². The summed E-state index contributed by atoms with van der Waals surface area (Å²) in [5.41, 5.74) is 4.99. The van der Waals surface area contributed by atoms with Crippen LogP contribution in [-0.2, 0) is 22.4 Å². The van der Waals surface area contributed by atoms with Gasteiger partial charge in [-0.15, -0.1) is 0 Å². The molecule has 0 saturated carbocycles. The van der Waals surface area contributed by atoms with Crippen molar-refractivity contribution in [3.05, 3.63) is 65.4 Å². The molecular weight excluding hydrogens is 434 g/mol. The van der Waals surface area contributed by atoms with E-state index in [9.17, 15) is 9.59 Å². The molecule has 0 radical (unpaired) electrons. The van der Waals surface area contributed by atoms with Crippen LogP contribution in [-0.4, -0.2) is 33.1 Å². The summed E-state index contributed by atoms with van der Waals surface area (Å²) in [5.74, 6) is 0.126. The van der Waals surface area contributed by atoms with Crippen molar-refractivity contribution >= 4 is 44.9 Å². The van der Waals surface area contributed by atoms with E-state index in [-0.39, 0.29) is 18.2 Å². The molecule has 2 aliphatic rings. The Morgan fingerprint density at radius 1 is 1.12 bits per heavy atom. The summed E-state index contributed by atoms with van der Waals surface area (Å²) in [6, 6.07) is 15.8. The maximum Gasteiger partial charge on any atom is 0.230 e. The van der Waals surface area contributed by atoms with Crippen molar-refractivity contribution in [1.82, 2.24) is 14.8 Å². The molecule has 0 bridgehead atoms. The average molecular weight is 458 g/mol. The Bertz CT molecular complexity index is 1350. The highest BCUT2D eigenvalue weighted by Crippen LogP contribution is 2.34. The quantitative estimate of drug-likeness (QED) is 0.496. The van der Waals surface area contributed by atoms with Crippen LogP contribution in [0, 0.1) is 12.8 Å². The van der Waals surface area contributed by atoms with E-state index in [1.54, 1.807) is 20.9 Å². The van der Waals surface area contributed by atoms with Crippen LogP contribution < -0.4 is 10.2 Å². The van der Waals surface area contributed by atoms with Gasteiger partial charge in [0.2, 0.25) is 16.9 Å². The third kappa shape index (κ3) is 3.51. The number of hydrogen-bond donors (Lipinski definition) is 1. The van der Waals surface area contributed by atoms with Crippen molar-refractivity contribution in [3.8, 4) is 5.13 Å². The summed E-state index contributed by atoms with van der Waals surface area (Å²) in [5, 5.41) is 8.66. The molecule has 7 nitrogen and oxygen atoms in total. The van der Waals surface area contributed by atoms with Crippen LogP contribution >= 0.6 is 11.3 Å². The lowest BCUT2D eigenvalue weighted by Crippen LogP contribution is -2.28. The van der Waals surface area contributed by atoms with Gasteiger partial charge >= 0.3 is 0 Å². The Labute approximate surface area is 195 Å². The smallest absolute Gasteiger partial charge is 0.230 e. The molecule has 2 aromatic carbocycles. The summed E-state index contributed by atoms with van der Waals surface area (Å²) < 4.78 is 2.86. The molecule has 1 atom stereocenters. The van der Waals surface area contributed by atoms with Gasteiger partial charge < -0.3 is 10.2 Å². The van der Waals surface area contributed by atoms with Crippen molar-refractivity contribution in [3.63, 3.8) is 0 Å². The fourth-order valence-corrected chi connectivity index (χ4v) is 5.61. The van der Waals surface area contributed by atoms with Crippen molar-refractivity contribution in [2.45, 2.75) is 32.6 Å². The van der Waals surface area contributed by atoms with Gasteiger partial charge in [-0.1, -0.05) is 41.2 Å². The highest BCUT2D eigenvalue weighted by atomic mass is 32.1. The summed E-state index contributed by atoms with van der Waals surface area (Å²) in [7, 11) is 0. The minimum Gasteiger partial charge on any atom is -0.312 e. The number of benzene rings is 2. The number of nitrogens with one attached hydrogen (secondary N) is 1. The number of rotatable bonds is 4. The molecule has 33 heavy (non-hydrogen) atoms. The van der Waals surface area contributed by atoms with Gasteiger partial charge in [0.25, 0.3) is 0 Å². The Hall–Kier alpha value is -3.52. The third-order valence-electron chi connectivity index (χ3n) is 6.45. The molecule has 1 unspecified atom stereocenters. The van der Waals surface area contributed by atoms with Gasteiger partial charge in [-0.2, -0.15) is 9.78 Å². The minimum atomic E-state index is -0.408. The first-order valence-electron chi connectivity index (χ1n) is 11.2. The Morgan fingerprint density at radius 3 is 2.76 bits per heavy atom. The number of carbonyl (C=O) groups excluding carboxylic acids is 2. The van der Waals surface area contributed by atoms with Crippen LogP contribution in [0.3, 0.4) is 0 Å². The molecule has 3 heterocycles. The fraction of sp³-hybridized carbons (Fsp3) is 0.280. The van der Waals surface area contributed by atoms with Crippen molar-refractivity contribution < 1.29 is 9.59 Å². The average Bonchev–Trinajstić information content (AvgIpc) is 3.57. The molecule has 2 amide bonds. The van der Waals surface area contributed by atoms with Crippen LogP contribution in [0.4, 0.5) is 11.5 Å². The number of amides is 2. The van der Waals surface area contributed by atoms with Gasteiger partial charge in [-0.3, -0.25) is 9.59 Å². The van der Waals surface area contributed by atoms with Gasteiger partial charge in [-0.05, 0) is 50.5 Å². The standard InChI is InChI=1S/C25H23N5O2S/c1-15-9-11-17(12-10-15)29-14-16(13-22(29)31)24(32)27-23-18-5-4-7-19(18)28-30(23)25-26-20-6-2-3-8-21(20)33-25/h2-3,6,8-12,16H,4-5,7,13-14H2,1H3,(H,27,32). The highest BCUT2D eigenvalue weighted by Gasteiger charge is 2.36. The number of hydrogen-bond acceptors (Lipinski definition) is 5. The molecule has 1 N–H and O–H groups in total. The molecule has 6 rings (SSSR count). The lowest BCUT2D eigenvalue weighted by molar-refractivity contribution is -0.122. The number of fused-ring (bicyclic) bond motifs is 2. The van der Waals surface area contributed by atoms with E-state index in [0.29, 0.717) is 12.4 Å². The molecular formula is C25H23N5O2S. The predicted molar refractivity (Wildman–Crippen MR) is 129 cm³/mol. The summed E-state index contributed by atoms with van der Waals surface area (Å²) in [6.45, 7) is 2.39. The van der Waals surface area contributed by atoms with Crippen LogP contribution in [0.25, 0.3) is 15.3 Å². The first kappa shape index (κ1) is 20.1. The third-order valence-corrected chi connectivity index (χ3v) is 7.47. The minimum absolute atomic E-state index is 0.0242. The van der Waals surface area contributed by atoms with E-state index >= 15 is 0 Å². The van der Waals surface area contributed by atoms with Crippen LogP contribution in [0.15, 0.2) is 48.5 Å². The number of para-hydroxylation sites is 1. The monoisotopic (exact) mass is 457 g/mol. The molecule has 1 aliphatic heterocycles. The van der Waals surface area contributed by atoms with E-state index in [2.05, 4.69) is 5.32 Å². The topological polar surface area (TPSA) is 80.1 Å². The fourth-order valence-electron chi connectivity index (χ4n) is 4.69. The van der Waals surface area contributed by atoms with Crippen molar-refractivity contribution in [1.29, 1.82) is 0 Å². The highest BCUT2D eigenvalue weighted by molar-refractivity contribution is 7.20. The second-order valence-corrected chi connectivity index (χ2v) is 9.74. The zero-order chi connectivity index (χ0) is 22.5. The molecule has 1 fully saturated rings. The van der Waals surface area contributed by atoms with Crippen LogP contribution in [0.5, 0.6) is 0 Å². The predicted octanol–water partition coefficient (Wildman–Crippen LogP) is 4.27. The number of carbonyl (C=O) groups is 2. The van der Waals surface area contributed by atoms with Gasteiger partial charge in [0.15, 0.2) is 0 Å². The number of aryl methyl sites for hydroxylation is 2. The van der Waals surface area contributed by atoms with E-state index in [1.165, 1.54) is 0 Å². The summed E-state index contributed by atoms with van der Waals surface area (Å²) >= 11 is 1.56. The molecule has 1 aliphatic carbocycles. The number of nitrogens with zero attached hydrogens (tertiary/aromatic N) is 4. The Morgan fingerprint density at radius 2 is 1.94 bits per heavy atom. The number of aromatic nitrogens is 3. The van der Waals surface area contributed by atoms with E-state index in [1.807, 2.05) is 55.5 Å². The molecule has 0 spiro atoms. The Balaban J connectivity index is 1.28. The SMILES string of the molecule is Cc1ccc(N2CC(C(=O)Nc3c4c(nn3-c3nc5ccccc5s3)CCC4)CC2=O)cc1. The lowest BCUT2D eigenvalue weighted by Gasteiger charge is -2.17. The molecule has 1 saturated heterocycles. The zero-order valence-electron chi connectivity index (χ0n) is 18.2. The van der Waals surface area contributed by atoms with Gasteiger partial charge in [0, 0.05) is 24.2 Å².